The van der Waals surface area contributed by atoms with Crippen molar-refractivity contribution in [3.05, 3.63) is 59.7 Å². The van der Waals surface area contributed by atoms with Gasteiger partial charge in [0.2, 0.25) is 5.79 Å². The third-order valence-electron chi connectivity index (χ3n) is 7.89. The molecule has 4 rings (SSSR count). The van der Waals surface area contributed by atoms with Crippen LogP contribution in [0.1, 0.15) is 53.2 Å². The molecule has 6 nitrogen and oxygen atoms in total. The van der Waals surface area contributed by atoms with Gasteiger partial charge in [-0.15, -0.1) is 0 Å². The van der Waals surface area contributed by atoms with Gasteiger partial charge in [0.15, 0.2) is 0 Å². The van der Waals surface area contributed by atoms with Crippen molar-refractivity contribution in [2.24, 2.45) is 30.7 Å². The van der Waals surface area contributed by atoms with Gasteiger partial charge in [0.25, 0.3) is 0 Å². The molecule has 6 heteroatoms. The summed E-state index contributed by atoms with van der Waals surface area (Å²) in [5.41, 5.74) is 2.31. The van der Waals surface area contributed by atoms with E-state index in [1.807, 2.05) is 36.9 Å². The zero-order valence-electron chi connectivity index (χ0n) is 21.4. The highest BCUT2D eigenvalue weighted by Crippen LogP contribution is 2.49. The zero-order valence-corrected chi connectivity index (χ0v) is 21.4. The fraction of sp³-hybridized carbons (Fsp3) is 0.571. The number of aromatic nitrogens is 2. The number of allylic oxidation sites excluding steroid dienone is 3. The molecule has 0 aromatic carbocycles. The summed E-state index contributed by atoms with van der Waals surface area (Å²) in [6, 6.07) is 0. The molecule has 0 amide bonds. The average Bonchev–Trinajstić information content (AvgIpc) is 3.38. The summed E-state index contributed by atoms with van der Waals surface area (Å²) >= 11 is 0. The summed E-state index contributed by atoms with van der Waals surface area (Å²) in [7, 11) is 3.56. The summed E-state index contributed by atoms with van der Waals surface area (Å²) in [6.07, 6.45) is 16.6. The number of ether oxygens (including phenoxy) is 3. The van der Waals surface area contributed by atoms with Gasteiger partial charge in [-0.3, -0.25) is 0 Å². The van der Waals surface area contributed by atoms with Crippen LogP contribution in [0.15, 0.2) is 54.1 Å². The lowest BCUT2D eigenvalue weighted by atomic mass is 9.65. The number of esters is 1. The van der Waals surface area contributed by atoms with E-state index in [1.165, 1.54) is 11.6 Å². The van der Waals surface area contributed by atoms with Crippen molar-refractivity contribution in [3.63, 3.8) is 0 Å². The minimum atomic E-state index is -0.950. The van der Waals surface area contributed by atoms with Gasteiger partial charge < -0.3 is 18.8 Å². The van der Waals surface area contributed by atoms with Crippen LogP contribution in [0.5, 0.6) is 0 Å². The van der Waals surface area contributed by atoms with Crippen molar-refractivity contribution in [3.8, 4) is 0 Å². The minimum absolute atomic E-state index is 0.260. The predicted octanol–water partition coefficient (Wildman–Crippen LogP) is 5.24. The Balaban J connectivity index is 1.69. The smallest absolute Gasteiger partial charge is 0.331 e. The number of methoxy groups -OCH3 is 1. The van der Waals surface area contributed by atoms with E-state index in [0.29, 0.717) is 29.9 Å². The Morgan fingerprint density at radius 2 is 2.09 bits per heavy atom. The highest BCUT2D eigenvalue weighted by Gasteiger charge is 2.52. The molecule has 0 saturated heterocycles. The summed E-state index contributed by atoms with van der Waals surface area (Å²) in [5, 5.41) is 0. The number of carbonyl (C=O) groups excluding carboxylic acids is 1. The normalized spacial score (nSPS) is 36.9. The second-order valence-electron chi connectivity index (χ2n) is 10.6. The van der Waals surface area contributed by atoms with Crippen molar-refractivity contribution >= 4 is 12.0 Å². The van der Waals surface area contributed by atoms with Crippen molar-refractivity contribution in [2.45, 2.75) is 65.0 Å². The van der Waals surface area contributed by atoms with Gasteiger partial charge >= 0.3 is 5.97 Å². The molecule has 0 radical (unpaired) electrons. The van der Waals surface area contributed by atoms with Crippen LogP contribution in [0.4, 0.5) is 0 Å². The maximum Gasteiger partial charge on any atom is 0.331 e. The number of aryl methyl sites for hydroxylation is 1. The average molecular weight is 467 g/mol. The van der Waals surface area contributed by atoms with Crippen molar-refractivity contribution < 1.29 is 19.0 Å². The first kappa shape index (κ1) is 24.7. The molecule has 6 atom stereocenters. The first-order valence-electron chi connectivity index (χ1n) is 12.2. The van der Waals surface area contributed by atoms with Crippen molar-refractivity contribution in [1.82, 2.24) is 9.55 Å². The summed E-state index contributed by atoms with van der Waals surface area (Å²) in [5.74, 6) is 0.271. The molecule has 2 aliphatic heterocycles. The van der Waals surface area contributed by atoms with E-state index in [2.05, 4.69) is 44.8 Å². The fourth-order valence-electron chi connectivity index (χ4n) is 5.74. The number of carbonyl (C=O) groups is 1. The molecule has 0 N–H and O–H groups in total. The fourth-order valence-corrected chi connectivity index (χ4v) is 5.74. The highest BCUT2D eigenvalue weighted by atomic mass is 16.7. The topological polar surface area (TPSA) is 62.6 Å². The van der Waals surface area contributed by atoms with E-state index in [0.717, 1.165) is 12.0 Å². The molecule has 1 aromatic rings. The van der Waals surface area contributed by atoms with Gasteiger partial charge in [0.05, 0.1) is 12.0 Å². The molecule has 34 heavy (non-hydrogen) atoms. The van der Waals surface area contributed by atoms with Crippen molar-refractivity contribution in [2.75, 3.05) is 7.11 Å². The largest absolute Gasteiger partial charge is 0.456 e. The lowest BCUT2D eigenvalue weighted by Crippen LogP contribution is -2.47. The Morgan fingerprint density at radius 3 is 2.74 bits per heavy atom. The number of nitrogens with zero attached hydrogens (tertiary/aromatic N) is 2. The number of rotatable bonds is 5. The SMILES string of the molecule is CO[C@]12C=C[C@](C)(O1)[C@@H](OC(=O)/C=C/c1cn(C)cn1)C[C@H]1C(C)=CC[C@H](C(C)C)[C@H]1/C=C\2C. The molecule has 3 aliphatic rings. The third-order valence-corrected chi connectivity index (χ3v) is 7.89. The van der Waals surface area contributed by atoms with Crippen LogP contribution in [-0.2, 0) is 26.1 Å². The van der Waals surface area contributed by atoms with E-state index in [1.54, 1.807) is 19.5 Å². The predicted molar refractivity (Wildman–Crippen MR) is 133 cm³/mol. The quantitative estimate of drug-likeness (QED) is 0.337. The van der Waals surface area contributed by atoms with Crippen LogP contribution in [0, 0.1) is 23.7 Å². The van der Waals surface area contributed by atoms with E-state index in [-0.39, 0.29) is 5.92 Å². The number of fused-ring (bicyclic) bond motifs is 3. The lowest BCUT2D eigenvalue weighted by molar-refractivity contribution is -0.225. The Morgan fingerprint density at radius 1 is 1.32 bits per heavy atom. The Hall–Kier alpha value is -2.44. The van der Waals surface area contributed by atoms with Crippen LogP contribution in [0.3, 0.4) is 0 Å². The molecule has 0 spiro atoms. The zero-order chi connectivity index (χ0) is 24.7. The monoisotopic (exact) mass is 466 g/mol. The third kappa shape index (κ3) is 4.58. The van der Waals surface area contributed by atoms with Crippen molar-refractivity contribution in [1.29, 1.82) is 0 Å². The lowest BCUT2D eigenvalue weighted by Gasteiger charge is -2.41. The minimum Gasteiger partial charge on any atom is -0.456 e. The van der Waals surface area contributed by atoms with Crippen LogP contribution >= 0.6 is 0 Å². The molecule has 0 fully saturated rings. The van der Waals surface area contributed by atoms with Crippen LogP contribution < -0.4 is 0 Å². The number of hydrogen-bond acceptors (Lipinski definition) is 5. The van der Waals surface area contributed by atoms with E-state index >= 15 is 0 Å². The van der Waals surface area contributed by atoms with Crippen LogP contribution in [0.2, 0.25) is 0 Å². The van der Waals surface area contributed by atoms with Crippen LogP contribution in [0.25, 0.3) is 6.08 Å². The Bertz CT molecular complexity index is 1050. The molecule has 0 saturated carbocycles. The molecule has 1 aliphatic carbocycles. The van der Waals surface area contributed by atoms with Crippen LogP contribution in [-0.4, -0.2) is 40.1 Å². The first-order chi connectivity index (χ1) is 16.1. The molecule has 2 bridgehead atoms. The number of imidazole rings is 1. The second-order valence-corrected chi connectivity index (χ2v) is 10.6. The maximum absolute atomic E-state index is 12.9. The van der Waals surface area contributed by atoms with E-state index in [9.17, 15) is 4.79 Å². The van der Waals surface area contributed by atoms with Gasteiger partial charge in [-0.05, 0) is 81.1 Å². The molecular weight excluding hydrogens is 428 g/mol. The van der Waals surface area contributed by atoms with E-state index in [4.69, 9.17) is 14.2 Å². The highest BCUT2D eigenvalue weighted by molar-refractivity contribution is 5.86. The standard InChI is InChI=1S/C28H38N2O4/c1-18(2)22-10-8-19(3)23-15-25(33-26(31)11-9-21-16-30(6)17-29-21)27(5)12-13-28(32-7,34-27)20(4)14-24(22)23/h8-9,11-14,16-18,22-25H,10,15H2,1-7H3/b11-9+,20-14-/t22-,23+,24-,25+,27+,28-/m1/s1. The molecule has 1 aromatic heterocycles. The van der Waals surface area contributed by atoms with Gasteiger partial charge in [0, 0.05) is 26.4 Å². The molecule has 0 unspecified atom stereocenters. The first-order valence-corrected chi connectivity index (χ1v) is 12.2. The van der Waals surface area contributed by atoms with Gasteiger partial charge in [-0.25, -0.2) is 9.78 Å². The number of hydrogen-bond donors (Lipinski definition) is 0. The molecule has 3 heterocycles. The second kappa shape index (κ2) is 9.31. The van der Waals surface area contributed by atoms with Gasteiger partial charge in [-0.1, -0.05) is 31.6 Å². The maximum atomic E-state index is 12.9. The molecule has 184 valence electrons. The van der Waals surface area contributed by atoms with Gasteiger partial charge in [0.1, 0.15) is 11.7 Å². The van der Waals surface area contributed by atoms with Gasteiger partial charge in [-0.2, -0.15) is 0 Å². The summed E-state index contributed by atoms with van der Waals surface area (Å²) in [4.78, 5) is 17.2. The Labute approximate surface area is 203 Å². The van der Waals surface area contributed by atoms with E-state index < -0.39 is 23.5 Å². The summed E-state index contributed by atoms with van der Waals surface area (Å²) in [6.45, 7) is 10.9. The Kier molecular flexibility index (Phi) is 6.76. The molecular formula is C28H38N2O4. The summed E-state index contributed by atoms with van der Waals surface area (Å²) < 4.78 is 20.5.